The van der Waals surface area contributed by atoms with Crippen LogP contribution in [0.15, 0.2) is 12.1 Å². The molecular formula is C14H16F2O2. The summed E-state index contributed by atoms with van der Waals surface area (Å²) in [7, 11) is 0. The molecule has 1 aliphatic carbocycles. The maximum absolute atomic E-state index is 14.0. The second-order valence-corrected chi connectivity index (χ2v) is 5.36. The zero-order valence-electron chi connectivity index (χ0n) is 10.2. The van der Waals surface area contributed by atoms with Gasteiger partial charge in [0.1, 0.15) is 11.5 Å². The van der Waals surface area contributed by atoms with Crippen molar-refractivity contribution < 1.29 is 18.6 Å². The smallest absolute Gasteiger partial charge is 0.401 e. The molecule has 2 aliphatic rings. The van der Waals surface area contributed by atoms with Gasteiger partial charge in [-0.1, -0.05) is 12.8 Å². The number of phenols is 1. The van der Waals surface area contributed by atoms with E-state index < -0.39 is 12.0 Å². The lowest BCUT2D eigenvalue weighted by molar-refractivity contribution is -0.235. The van der Waals surface area contributed by atoms with E-state index in [-0.39, 0.29) is 17.4 Å². The van der Waals surface area contributed by atoms with E-state index in [1.54, 1.807) is 19.1 Å². The van der Waals surface area contributed by atoms with E-state index in [2.05, 4.69) is 0 Å². The molecule has 0 amide bonds. The molecule has 0 radical (unpaired) electrons. The maximum Gasteiger partial charge on any atom is 0.401 e. The van der Waals surface area contributed by atoms with Crippen molar-refractivity contribution in [1.82, 2.24) is 0 Å². The predicted molar refractivity (Wildman–Crippen MR) is 63.1 cm³/mol. The molecule has 1 heterocycles. The minimum atomic E-state index is -3.11. The number of benzene rings is 1. The molecule has 1 N–H and O–H groups in total. The molecule has 0 unspecified atom stereocenters. The van der Waals surface area contributed by atoms with Gasteiger partial charge in [-0.25, -0.2) is 0 Å². The van der Waals surface area contributed by atoms with Gasteiger partial charge in [-0.05, 0) is 37.5 Å². The van der Waals surface area contributed by atoms with E-state index in [9.17, 15) is 13.9 Å². The van der Waals surface area contributed by atoms with Crippen molar-refractivity contribution in [2.24, 2.45) is 5.92 Å². The Morgan fingerprint density at radius 1 is 1.28 bits per heavy atom. The predicted octanol–water partition coefficient (Wildman–Crippen LogP) is 3.96. The van der Waals surface area contributed by atoms with Gasteiger partial charge in [0.15, 0.2) is 0 Å². The first-order chi connectivity index (χ1) is 8.49. The van der Waals surface area contributed by atoms with Crippen molar-refractivity contribution in [2.45, 2.75) is 44.6 Å². The lowest BCUT2D eigenvalue weighted by Gasteiger charge is -2.41. The fraction of sp³-hybridized carbons (Fsp3) is 0.571. The van der Waals surface area contributed by atoms with Crippen LogP contribution < -0.4 is 4.74 Å². The lowest BCUT2D eigenvalue weighted by Crippen LogP contribution is -2.43. The van der Waals surface area contributed by atoms with E-state index in [4.69, 9.17) is 4.74 Å². The number of halogens is 2. The van der Waals surface area contributed by atoms with Crippen molar-refractivity contribution in [3.8, 4) is 11.5 Å². The average Bonchev–Trinajstić information content (AvgIpc) is 2.27. The van der Waals surface area contributed by atoms with Gasteiger partial charge in [-0.3, -0.25) is 0 Å². The summed E-state index contributed by atoms with van der Waals surface area (Å²) in [5, 5.41) is 10.0. The molecule has 0 saturated heterocycles. The van der Waals surface area contributed by atoms with E-state index in [1.807, 2.05) is 0 Å². The molecule has 4 heteroatoms. The number of fused-ring (bicyclic) bond motifs is 3. The zero-order chi connectivity index (χ0) is 12.9. The molecule has 2 atom stereocenters. The third kappa shape index (κ3) is 1.66. The summed E-state index contributed by atoms with van der Waals surface area (Å²) in [4.78, 5) is 0. The fourth-order valence-electron chi connectivity index (χ4n) is 3.30. The van der Waals surface area contributed by atoms with Crippen LogP contribution in [0.3, 0.4) is 0 Å². The summed E-state index contributed by atoms with van der Waals surface area (Å²) in [5.74, 6) is -0.830. The molecule has 98 valence electrons. The van der Waals surface area contributed by atoms with Crippen LogP contribution in [0.25, 0.3) is 0 Å². The minimum Gasteiger partial charge on any atom is -0.508 e. The molecule has 1 aliphatic heterocycles. The van der Waals surface area contributed by atoms with Crippen LogP contribution in [0, 0.1) is 12.8 Å². The second-order valence-electron chi connectivity index (χ2n) is 5.36. The molecular weight excluding hydrogens is 238 g/mol. The first kappa shape index (κ1) is 11.8. The number of phenolic OH excluding ortho intramolecular Hbond substituents is 1. The molecule has 3 rings (SSSR count). The molecule has 1 aromatic carbocycles. The van der Waals surface area contributed by atoms with Gasteiger partial charge in [-0.2, -0.15) is 8.78 Å². The lowest BCUT2D eigenvalue weighted by atomic mass is 9.72. The van der Waals surface area contributed by atoms with Crippen molar-refractivity contribution in [3.05, 3.63) is 23.3 Å². The first-order valence-electron chi connectivity index (χ1n) is 6.39. The Kier molecular flexibility index (Phi) is 2.50. The molecule has 2 nitrogen and oxygen atoms in total. The highest BCUT2D eigenvalue weighted by molar-refractivity contribution is 5.51. The van der Waals surface area contributed by atoms with Gasteiger partial charge in [-0.15, -0.1) is 0 Å². The van der Waals surface area contributed by atoms with Gasteiger partial charge in [0.2, 0.25) is 0 Å². The third-order valence-corrected chi connectivity index (χ3v) is 4.08. The number of alkyl halides is 2. The number of hydrogen-bond donors (Lipinski definition) is 1. The first-order valence-corrected chi connectivity index (χ1v) is 6.39. The van der Waals surface area contributed by atoms with Crippen LogP contribution in [-0.2, 0) is 0 Å². The monoisotopic (exact) mass is 254 g/mol. The minimum absolute atomic E-state index is 0.0948. The van der Waals surface area contributed by atoms with Crippen LogP contribution >= 0.6 is 0 Å². The van der Waals surface area contributed by atoms with Crippen LogP contribution in [-0.4, -0.2) is 11.2 Å². The Bertz CT molecular complexity index is 485. The number of rotatable bonds is 0. The van der Waals surface area contributed by atoms with Crippen molar-refractivity contribution in [2.75, 3.05) is 0 Å². The van der Waals surface area contributed by atoms with Crippen LogP contribution in [0.4, 0.5) is 8.78 Å². The number of aryl methyl sites for hydroxylation is 1. The average molecular weight is 254 g/mol. The Hall–Kier alpha value is -1.32. The number of ether oxygens (including phenoxy) is 1. The summed E-state index contributed by atoms with van der Waals surface area (Å²) < 4.78 is 32.8. The van der Waals surface area contributed by atoms with Gasteiger partial charge in [0.05, 0.1) is 5.92 Å². The maximum atomic E-state index is 14.0. The molecule has 0 spiro atoms. The van der Waals surface area contributed by atoms with Crippen LogP contribution in [0.2, 0.25) is 0 Å². The summed E-state index contributed by atoms with van der Waals surface area (Å²) in [6, 6.07) is 3.21. The highest BCUT2D eigenvalue weighted by atomic mass is 19.3. The Morgan fingerprint density at radius 3 is 2.78 bits per heavy atom. The standard InChI is InChI=1S/C14H16F2O2/c1-8-6-11(17)13-9-4-2-3-5-10(9)14(15,16)18-12(13)7-8/h6-7,9-10,17H,2-5H2,1H3/t9-,10-/m1/s1. The highest BCUT2D eigenvalue weighted by Crippen LogP contribution is 2.55. The Balaban J connectivity index is 2.14. The molecule has 0 aromatic heterocycles. The number of aromatic hydroxyl groups is 1. The Morgan fingerprint density at radius 2 is 2.00 bits per heavy atom. The van der Waals surface area contributed by atoms with E-state index in [0.29, 0.717) is 18.4 Å². The van der Waals surface area contributed by atoms with Crippen LogP contribution in [0.5, 0.6) is 11.5 Å². The van der Waals surface area contributed by atoms with E-state index >= 15 is 0 Å². The zero-order valence-corrected chi connectivity index (χ0v) is 10.2. The summed E-state index contributed by atoms with van der Waals surface area (Å²) >= 11 is 0. The van der Waals surface area contributed by atoms with Gasteiger partial charge in [0.25, 0.3) is 0 Å². The quantitative estimate of drug-likeness (QED) is 0.759. The third-order valence-electron chi connectivity index (χ3n) is 4.08. The van der Waals surface area contributed by atoms with E-state index in [1.165, 1.54) is 0 Å². The van der Waals surface area contributed by atoms with Gasteiger partial charge >= 0.3 is 6.11 Å². The fourth-order valence-corrected chi connectivity index (χ4v) is 3.30. The Labute approximate surface area is 105 Å². The van der Waals surface area contributed by atoms with Gasteiger partial charge < -0.3 is 9.84 Å². The molecule has 0 bridgehead atoms. The van der Waals surface area contributed by atoms with Crippen molar-refractivity contribution in [3.63, 3.8) is 0 Å². The molecule has 1 aromatic rings. The molecule has 1 saturated carbocycles. The topological polar surface area (TPSA) is 29.5 Å². The van der Waals surface area contributed by atoms with Gasteiger partial charge in [0, 0.05) is 11.5 Å². The number of hydrogen-bond acceptors (Lipinski definition) is 2. The largest absolute Gasteiger partial charge is 0.508 e. The normalized spacial score (nSPS) is 29.1. The van der Waals surface area contributed by atoms with E-state index in [0.717, 1.165) is 18.4 Å². The van der Waals surface area contributed by atoms with Crippen LogP contribution in [0.1, 0.15) is 42.7 Å². The highest BCUT2D eigenvalue weighted by Gasteiger charge is 2.52. The van der Waals surface area contributed by atoms with Crippen molar-refractivity contribution >= 4 is 0 Å². The summed E-state index contributed by atoms with van der Waals surface area (Å²) in [6.45, 7) is 1.76. The summed E-state index contributed by atoms with van der Waals surface area (Å²) in [6.07, 6.45) is -0.206. The van der Waals surface area contributed by atoms with Crippen molar-refractivity contribution in [1.29, 1.82) is 0 Å². The summed E-state index contributed by atoms with van der Waals surface area (Å²) in [5.41, 5.74) is 1.31. The SMILES string of the molecule is Cc1cc(O)c2c(c1)OC(F)(F)[C@@H]1CCCC[C@@H]21. The molecule has 1 fully saturated rings. The second kappa shape index (κ2) is 3.84. The molecule has 18 heavy (non-hydrogen) atoms.